The highest BCUT2D eigenvalue weighted by Crippen LogP contribution is 2.32. The highest BCUT2D eigenvalue weighted by Gasteiger charge is 2.43. The van der Waals surface area contributed by atoms with E-state index in [4.69, 9.17) is 0 Å². The van der Waals surface area contributed by atoms with E-state index in [2.05, 4.69) is 23.5 Å². The highest BCUT2D eigenvalue weighted by molar-refractivity contribution is 5.38. The van der Waals surface area contributed by atoms with Gasteiger partial charge in [0.2, 0.25) is 0 Å². The molecule has 1 aliphatic rings. The van der Waals surface area contributed by atoms with Gasteiger partial charge in [0, 0.05) is 11.5 Å². The topological polar surface area (TPSA) is 9.23 Å². The highest BCUT2D eigenvalue weighted by atomic mass is 19.3. The predicted molar refractivity (Wildman–Crippen MR) is 108 cm³/mol. The molecule has 1 fully saturated rings. The van der Waals surface area contributed by atoms with Gasteiger partial charge in [0.1, 0.15) is 5.75 Å². The van der Waals surface area contributed by atoms with Crippen LogP contribution in [0.1, 0.15) is 83.1 Å². The smallest absolute Gasteiger partial charge is 0.428 e. The number of ether oxygens (including phenoxy) is 1. The molecule has 1 nitrogen and oxygen atoms in total. The van der Waals surface area contributed by atoms with E-state index in [-0.39, 0.29) is 5.75 Å². The van der Waals surface area contributed by atoms with Crippen LogP contribution in [0.5, 0.6) is 5.75 Å². The van der Waals surface area contributed by atoms with Crippen molar-refractivity contribution in [1.29, 1.82) is 0 Å². The van der Waals surface area contributed by atoms with Crippen molar-refractivity contribution in [2.24, 2.45) is 11.8 Å². The summed E-state index contributed by atoms with van der Waals surface area (Å²) in [6.07, 6.45) is 5.69. The Labute approximate surface area is 172 Å². The van der Waals surface area contributed by atoms with Crippen molar-refractivity contribution in [3.8, 4) is 17.6 Å². The van der Waals surface area contributed by atoms with Crippen LogP contribution in [0, 0.1) is 23.7 Å². The minimum absolute atomic E-state index is 0.295. The van der Waals surface area contributed by atoms with Crippen molar-refractivity contribution in [3.05, 3.63) is 29.8 Å². The van der Waals surface area contributed by atoms with Crippen LogP contribution < -0.4 is 4.74 Å². The zero-order valence-electron chi connectivity index (χ0n) is 17.2. The summed E-state index contributed by atoms with van der Waals surface area (Å²) in [5, 5.41) is 0. The monoisotopic (exact) mass is 412 g/mol. The molecule has 0 amide bonds. The summed E-state index contributed by atoms with van der Waals surface area (Å²) in [5.41, 5.74) is 0.673. The fraction of sp³-hybridized carbons (Fsp3) is 0.667. The second kappa shape index (κ2) is 12.1. The molecule has 0 bridgehead atoms. The number of hydrogen-bond donors (Lipinski definition) is 0. The minimum atomic E-state index is -4.48. The molecule has 0 radical (unpaired) electrons. The molecule has 2 rings (SSSR count). The lowest BCUT2D eigenvalue weighted by molar-refractivity contribution is -0.253. The van der Waals surface area contributed by atoms with Crippen LogP contribution in [0.3, 0.4) is 0 Å². The zero-order valence-corrected chi connectivity index (χ0v) is 17.2. The predicted octanol–water partition coefficient (Wildman–Crippen LogP) is 7.83. The summed E-state index contributed by atoms with van der Waals surface area (Å²) in [6.45, 7) is 2.24. The summed E-state index contributed by atoms with van der Waals surface area (Å²) in [4.78, 5) is 0. The van der Waals surface area contributed by atoms with E-state index < -0.39 is 12.5 Å². The average Bonchev–Trinajstić information content (AvgIpc) is 2.70. The molecule has 0 spiro atoms. The van der Waals surface area contributed by atoms with Crippen LogP contribution in [-0.2, 0) is 0 Å². The van der Waals surface area contributed by atoms with Gasteiger partial charge in [0.15, 0.2) is 0 Å². The van der Waals surface area contributed by atoms with Crippen molar-refractivity contribution >= 4 is 0 Å². The molecule has 0 unspecified atom stereocenters. The van der Waals surface area contributed by atoms with Gasteiger partial charge in [-0.25, -0.2) is 0 Å². The third-order valence-corrected chi connectivity index (χ3v) is 5.60. The van der Waals surface area contributed by atoms with E-state index in [0.29, 0.717) is 11.5 Å². The molecule has 1 aliphatic carbocycles. The molecule has 5 heteroatoms. The Morgan fingerprint density at radius 1 is 0.966 bits per heavy atom. The molecule has 29 heavy (non-hydrogen) atoms. The Bertz CT molecular complexity index is 637. The van der Waals surface area contributed by atoms with Crippen LogP contribution in [0.15, 0.2) is 24.3 Å². The zero-order chi connectivity index (χ0) is 21.1. The largest absolute Gasteiger partial charge is 0.461 e. The summed E-state index contributed by atoms with van der Waals surface area (Å²) in [7, 11) is 0. The van der Waals surface area contributed by atoms with Gasteiger partial charge in [-0.3, -0.25) is 0 Å². The molecule has 162 valence electrons. The molecular weight excluding hydrogens is 380 g/mol. The second-order valence-electron chi connectivity index (χ2n) is 8.03. The lowest BCUT2D eigenvalue weighted by Gasteiger charge is -2.25. The molecule has 0 aromatic heterocycles. The molecular formula is C24H32F4O. The van der Waals surface area contributed by atoms with Gasteiger partial charge in [0.25, 0.3) is 0 Å². The standard InChI is InChI=1S/C24H32F4O/c1-2-3-4-5-6-7-8-19-9-11-20(12-10-19)13-14-21-15-17-22(18-16-21)29-24(27,28)23(25)26/h15-20,23H,2-12H2,1H3. The fourth-order valence-corrected chi connectivity index (χ4v) is 3.80. The number of alkyl halides is 4. The maximum absolute atomic E-state index is 12.9. The van der Waals surface area contributed by atoms with Crippen molar-refractivity contribution in [3.63, 3.8) is 0 Å². The fourth-order valence-electron chi connectivity index (χ4n) is 3.80. The average molecular weight is 413 g/mol. The lowest BCUT2D eigenvalue weighted by Crippen LogP contribution is -2.33. The Kier molecular flexibility index (Phi) is 9.84. The van der Waals surface area contributed by atoms with Gasteiger partial charge in [0.05, 0.1) is 0 Å². The van der Waals surface area contributed by atoms with Crippen molar-refractivity contribution in [1.82, 2.24) is 0 Å². The molecule has 1 saturated carbocycles. The van der Waals surface area contributed by atoms with Gasteiger partial charge >= 0.3 is 12.5 Å². The van der Waals surface area contributed by atoms with Gasteiger partial charge in [-0.15, -0.1) is 0 Å². The van der Waals surface area contributed by atoms with Crippen molar-refractivity contribution in [2.75, 3.05) is 0 Å². The molecule has 0 heterocycles. The molecule has 0 atom stereocenters. The first kappa shape index (κ1) is 23.6. The van der Waals surface area contributed by atoms with E-state index >= 15 is 0 Å². The van der Waals surface area contributed by atoms with Gasteiger partial charge in [-0.05, 0) is 55.9 Å². The Morgan fingerprint density at radius 2 is 1.59 bits per heavy atom. The Morgan fingerprint density at radius 3 is 2.21 bits per heavy atom. The summed E-state index contributed by atoms with van der Waals surface area (Å²) in [6, 6.07) is 5.54. The van der Waals surface area contributed by atoms with E-state index in [1.807, 2.05) is 0 Å². The summed E-state index contributed by atoms with van der Waals surface area (Å²) in [5.74, 6) is 7.25. The number of rotatable bonds is 10. The number of benzene rings is 1. The maximum Gasteiger partial charge on any atom is 0.461 e. The number of hydrogen-bond acceptors (Lipinski definition) is 1. The third kappa shape index (κ3) is 8.68. The number of unbranched alkanes of at least 4 members (excludes halogenated alkanes) is 5. The summed E-state index contributed by atoms with van der Waals surface area (Å²) >= 11 is 0. The maximum atomic E-state index is 12.9. The van der Waals surface area contributed by atoms with Crippen LogP contribution in [0.25, 0.3) is 0 Å². The lowest BCUT2D eigenvalue weighted by atomic mass is 9.80. The van der Waals surface area contributed by atoms with Gasteiger partial charge in [-0.2, -0.15) is 17.6 Å². The Hall–Kier alpha value is -1.70. The van der Waals surface area contributed by atoms with E-state index in [0.717, 1.165) is 18.8 Å². The first-order chi connectivity index (χ1) is 13.9. The van der Waals surface area contributed by atoms with Crippen LogP contribution in [0.4, 0.5) is 17.6 Å². The molecule has 1 aromatic carbocycles. The van der Waals surface area contributed by atoms with Gasteiger partial charge < -0.3 is 4.74 Å². The number of halogens is 4. The quantitative estimate of drug-likeness (QED) is 0.216. The summed E-state index contributed by atoms with van der Waals surface area (Å²) < 4.78 is 54.2. The SMILES string of the molecule is CCCCCCCCC1CCC(C#Cc2ccc(OC(F)(F)C(F)F)cc2)CC1. The van der Waals surface area contributed by atoms with Crippen LogP contribution in [0.2, 0.25) is 0 Å². The second-order valence-corrected chi connectivity index (χ2v) is 8.03. The first-order valence-corrected chi connectivity index (χ1v) is 10.9. The van der Waals surface area contributed by atoms with E-state index in [9.17, 15) is 17.6 Å². The van der Waals surface area contributed by atoms with Gasteiger partial charge in [-0.1, -0.05) is 63.7 Å². The van der Waals surface area contributed by atoms with Crippen LogP contribution in [-0.4, -0.2) is 12.5 Å². The molecule has 0 aliphatic heterocycles. The third-order valence-electron chi connectivity index (χ3n) is 5.60. The molecule has 0 N–H and O–H groups in total. The molecule has 0 saturated heterocycles. The van der Waals surface area contributed by atoms with E-state index in [1.165, 1.54) is 82.1 Å². The first-order valence-electron chi connectivity index (χ1n) is 10.9. The van der Waals surface area contributed by atoms with Crippen LogP contribution >= 0.6 is 0 Å². The molecule has 1 aromatic rings. The van der Waals surface area contributed by atoms with Crippen molar-refractivity contribution in [2.45, 2.75) is 90.1 Å². The normalized spacial score (nSPS) is 19.7. The van der Waals surface area contributed by atoms with E-state index in [1.54, 1.807) is 0 Å². The van der Waals surface area contributed by atoms with Crippen molar-refractivity contribution < 1.29 is 22.3 Å². The minimum Gasteiger partial charge on any atom is -0.428 e. The Balaban J connectivity index is 1.70.